The van der Waals surface area contributed by atoms with E-state index in [1.807, 2.05) is 29.2 Å². The van der Waals surface area contributed by atoms with Gasteiger partial charge >= 0.3 is 0 Å². The van der Waals surface area contributed by atoms with E-state index < -0.39 is 6.04 Å². The maximum atomic E-state index is 12.3. The molecule has 2 N–H and O–H groups in total. The summed E-state index contributed by atoms with van der Waals surface area (Å²) < 4.78 is 0. The fourth-order valence-electron chi connectivity index (χ4n) is 3.03. The minimum absolute atomic E-state index is 0. The molecule has 3 nitrogen and oxygen atoms in total. The molecule has 3 rings (SSSR count). The summed E-state index contributed by atoms with van der Waals surface area (Å²) in [6.45, 7) is 3.10. The van der Waals surface area contributed by atoms with Gasteiger partial charge in [-0.1, -0.05) is 54.6 Å². The summed E-state index contributed by atoms with van der Waals surface area (Å²) in [5, 5.41) is 0. The molecule has 116 valence electrons. The molecule has 0 aromatic heterocycles. The highest BCUT2D eigenvalue weighted by atomic mass is 35.5. The lowest BCUT2D eigenvalue weighted by Gasteiger charge is -2.36. The molecule has 0 saturated carbocycles. The molecular formula is C18H21ClN2O. The standard InChI is InChI=1S/C18H20N2O.ClH/c1-13(19)18(21)20-11-15-9-5-6-10-16(15)17(12-20)14-7-3-2-4-8-14;/h2-10,13,17H,11-12,19H2,1H3;1H. The Hall–Kier alpha value is -1.84. The second-order valence-corrected chi connectivity index (χ2v) is 5.67. The minimum Gasteiger partial charge on any atom is -0.336 e. The number of rotatable bonds is 2. The topological polar surface area (TPSA) is 46.3 Å². The third-order valence-corrected chi connectivity index (χ3v) is 4.10. The predicted molar refractivity (Wildman–Crippen MR) is 91.0 cm³/mol. The zero-order valence-electron chi connectivity index (χ0n) is 12.6. The number of amides is 1. The van der Waals surface area contributed by atoms with Crippen molar-refractivity contribution in [2.24, 2.45) is 5.73 Å². The number of carbonyl (C=O) groups is 1. The third kappa shape index (κ3) is 3.16. The van der Waals surface area contributed by atoms with Gasteiger partial charge in [0.1, 0.15) is 0 Å². The van der Waals surface area contributed by atoms with E-state index in [9.17, 15) is 4.79 Å². The highest BCUT2D eigenvalue weighted by molar-refractivity contribution is 5.85. The van der Waals surface area contributed by atoms with E-state index in [0.29, 0.717) is 13.1 Å². The number of halogens is 1. The fraction of sp³-hybridized carbons (Fsp3) is 0.278. The zero-order valence-corrected chi connectivity index (χ0v) is 13.4. The molecule has 0 spiro atoms. The quantitative estimate of drug-likeness (QED) is 0.926. The van der Waals surface area contributed by atoms with Crippen molar-refractivity contribution in [3.05, 3.63) is 71.3 Å². The smallest absolute Gasteiger partial charge is 0.239 e. The Morgan fingerprint density at radius 2 is 1.77 bits per heavy atom. The molecule has 1 heterocycles. The molecular weight excluding hydrogens is 296 g/mol. The molecule has 0 fully saturated rings. The first kappa shape index (κ1) is 16.5. The Kier molecular flexibility index (Phi) is 5.22. The van der Waals surface area contributed by atoms with E-state index in [1.54, 1.807) is 6.92 Å². The Labute approximate surface area is 137 Å². The Morgan fingerprint density at radius 1 is 1.14 bits per heavy atom. The van der Waals surface area contributed by atoms with Crippen LogP contribution in [0.25, 0.3) is 0 Å². The van der Waals surface area contributed by atoms with Crippen molar-refractivity contribution >= 4 is 18.3 Å². The molecule has 1 aliphatic heterocycles. The normalized spacial score (nSPS) is 18.1. The van der Waals surface area contributed by atoms with Crippen molar-refractivity contribution in [1.29, 1.82) is 0 Å². The molecule has 1 aliphatic rings. The molecule has 0 radical (unpaired) electrons. The largest absolute Gasteiger partial charge is 0.336 e. The average Bonchev–Trinajstić information content (AvgIpc) is 2.53. The zero-order chi connectivity index (χ0) is 14.8. The van der Waals surface area contributed by atoms with E-state index in [-0.39, 0.29) is 24.2 Å². The molecule has 0 aliphatic carbocycles. The Morgan fingerprint density at radius 3 is 2.45 bits per heavy atom. The summed E-state index contributed by atoms with van der Waals surface area (Å²) in [5.41, 5.74) is 9.55. The van der Waals surface area contributed by atoms with Crippen LogP contribution in [0.3, 0.4) is 0 Å². The van der Waals surface area contributed by atoms with Crippen molar-refractivity contribution in [2.45, 2.75) is 25.4 Å². The first-order valence-electron chi connectivity index (χ1n) is 7.34. The molecule has 2 aromatic rings. The van der Waals surface area contributed by atoms with Crippen molar-refractivity contribution in [3.8, 4) is 0 Å². The minimum atomic E-state index is -0.452. The summed E-state index contributed by atoms with van der Waals surface area (Å²) in [4.78, 5) is 14.2. The predicted octanol–water partition coefficient (Wildman–Crippen LogP) is 2.93. The van der Waals surface area contributed by atoms with Gasteiger partial charge in [-0.25, -0.2) is 0 Å². The molecule has 0 saturated heterocycles. The van der Waals surface area contributed by atoms with Crippen LogP contribution in [0.2, 0.25) is 0 Å². The Bertz CT molecular complexity index is 643. The van der Waals surface area contributed by atoms with Gasteiger partial charge in [-0.2, -0.15) is 0 Å². The van der Waals surface area contributed by atoms with Gasteiger partial charge in [-0.15, -0.1) is 12.4 Å². The summed E-state index contributed by atoms with van der Waals surface area (Å²) in [5.74, 6) is 0.240. The maximum Gasteiger partial charge on any atom is 0.239 e. The van der Waals surface area contributed by atoms with E-state index in [1.165, 1.54) is 16.7 Å². The molecule has 1 amide bonds. The second kappa shape index (κ2) is 6.95. The molecule has 2 unspecified atom stereocenters. The highest BCUT2D eigenvalue weighted by Crippen LogP contribution is 2.33. The number of carbonyl (C=O) groups excluding carboxylic acids is 1. The summed E-state index contributed by atoms with van der Waals surface area (Å²) in [7, 11) is 0. The molecule has 4 heteroatoms. The van der Waals surface area contributed by atoms with Crippen molar-refractivity contribution < 1.29 is 4.79 Å². The first-order valence-corrected chi connectivity index (χ1v) is 7.34. The molecule has 0 bridgehead atoms. The van der Waals surface area contributed by atoms with Gasteiger partial charge in [0, 0.05) is 19.0 Å². The van der Waals surface area contributed by atoms with E-state index in [4.69, 9.17) is 5.73 Å². The van der Waals surface area contributed by atoms with Gasteiger partial charge < -0.3 is 10.6 Å². The van der Waals surface area contributed by atoms with Crippen molar-refractivity contribution in [3.63, 3.8) is 0 Å². The number of nitrogens with two attached hydrogens (primary N) is 1. The molecule has 22 heavy (non-hydrogen) atoms. The molecule has 2 aromatic carbocycles. The van der Waals surface area contributed by atoms with E-state index in [0.717, 1.165) is 0 Å². The lowest BCUT2D eigenvalue weighted by atomic mass is 9.84. The van der Waals surface area contributed by atoms with Crippen molar-refractivity contribution in [1.82, 2.24) is 4.90 Å². The number of hydrogen-bond acceptors (Lipinski definition) is 2. The number of fused-ring (bicyclic) bond motifs is 1. The van der Waals surface area contributed by atoms with Crippen LogP contribution in [0.5, 0.6) is 0 Å². The summed E-state index contributed by atoms with van der Waals surface area (Å²) in [6, 6.07) is 18.3. The van der Waals surface area contributed by atoms with Gasteiger partial charge in [0.2, 0.25) is 5.91 Å². The van der Waals surface area contributed by atoms with Gasteiger partial charge in [-0.05, 0) is 23.6 Å². The fourth-order valence-corrected chi connectivity index (χ4v) is 3.03. The van der Waals surface area contributed by atoms with E-state index in [2.05, 4.69) is 30.3 Å². The first-order chi connectivity index (χ1) is 10.2. The highest BCUT2D eigenvalue weighted by Gasteiger charge is 2.29. The maximum absolute atomic E-state index is 12.3. The lowest BCUT2D eigenvalue weighted by Crippen LogP contribution is -2.45. The lowest BCUT2D eigenvalue weighted by molar-refractivity contribution is -0.133. The van der Waals surface area contributed by atoms with Crippen LogP contribution in [0.4, 0.5) is 0 Å². The van der Waals surface area contributed by atoms with Crippen molar-refractivity contribution in [2.75, 3.05) is 6.54 Å². The summed E-state index contributed by atoms with van der Waals surface area (Å²) in [6.07, 6.45) is 0. The van der Waals surface area contributed by atoms with Gasteiger partial charge in [-0.3, -0.25) is 4.79 Å². The van der Waals surface area contributed by atoms with Crippen LogP contribution < -0.4 is 5.73 Å². The number of benzene rings is 2. The van der Waals surface area contributed by atoms with Gasteiger partial charge in [0.25, 0.3) is 0 Å². The SMILES string of the molecule is CC(N)C(=O)N1Cc2ccccc2C(c2ccccc2)C1.Cl. The van der Waals surface area contributed by atoms with Gasteiger partial charge in [0.15, 0.2) is 0 Å². The van der Waals surface area contributed by atoms with Crippen LogP contribution in [0.15, 0.2) is 54.6 Å². The molecule has 2 atom stereocenters. The van der Waals surface area contributed by atoms with Gasteiger partial charge in [0.05, 0.1) is 6.04 Å². The van der Waals surface area contributed by atoms with E-state index >= 15 is 0 Å². The van der Waals surface area contributed by atoms with Crippen LogP contribution in [-0.4, -0.2) is 23.4 Å². The Balaban J connectivity index is 0.00000176. The van der Waals surface area contributed by atoms with Crippen LogP contribution in [0, 0.1) is 0 Å². The summed E-state index contributed by atoms with van der Waals surface area (Å²) >= 11 is 0. The van der Waals surface area contributed by atoms with Crippen LogP contribution in [-0.2, 0) is 11.3 Å². The third-order valence-electron chi connectivity index (χ3n) is 4.10. The number of hydrogen-bond donors (Lipinski definition) is 1. The average molecular weight is 317 g/mol. The van der Waals surface area contributed by atoms with Crippen LogP contribution >= 0.6 is 12.4 Å². The number of nitrogens with zero attached hydrogens (tertiary/aromatic N) is 1. The van der Waals surface area contributed by atoms with Crippen LogP contribution in [0.1, 0.15) is 29.5 Å². The monoisotopic (exact) mass is 316 g/mol. The second-order valence-electron chi connectivity index (χ2n) is 5.67.